The molecule has 2 heterocycles. The Kier molecular flexibility index (Phi) is 3.20. The van der Waals surface area contributed by atoms with Gasteiger partial charge in [-0.15, -0.1) is 0 Å². The maximum Gasteiger partial charge on any atom is 0.328 e. The van der Waals surface area contributed by atoms with Gasteiger partial charge in [0.2, 0.25) is 0 Å². The Morgan fingerprint density at radius 1 is 1.29 bits per heavy atom. The lowest BCUT2D eigenvalue weighted by atomic mass is 9.64. The Labute approximate surface area is 122 Å². The van der Waals surface area contributed by atoms with Crippen LogP contribution in [0, 0.1) is 5.41 Å². The fourth-order valence-corrected chi connectivity index (χ4v) is 3.10. The van der Waals surface area contributed by atoms with Gasteiger partial charge in [0.1, 0.15) is 11.9 Å². The van der Waals surface area contributed by atoms with E-state index in [1.54, 1.807) is 19.3 Å². The molecule has 21 heavy (non-hydrogen) atoms. The monoisotopic (exact) mass is 288 g/mol. The summed E-state index contributed by atoms with van der Waals surface area (Å²) in [5.41, 5.74) is -0.481. The molecule has 0 amide bonds. The van der Waals surface area contributed by atoms with E-state index >= 15 is 0 Å². The van der Waals surface area contributed by atoms with E-state index in [0.717, 1.165) is 11.3 Å². The topological polar surface area (TPSA) is 61.8 Å². The third-order valence-electron chi connectivity index (χ3n) is 4.23. The molecule has 1 aromatic carbocycles. The number of esters is 2. The van der Waals surface area contributed by atoms with E-state index in [2.05, 4.69) is 0 Å². The molecule has 0 aromatic heterocycles. The summed E-state index contributed by atoms with van der Waals surface area (Å²) in [4.78, 5) is 24.5. The molecule has 2 aliphatic heterocycles. The van der Waals surface area contributed by atoms with Crippen molar-refractivity contribution in [3.8, 4) is 5.75 Å². The lowest BCUT2D eigenvalue weighted by molar-refractivity contribution is -0.180. The van der Waals surface area contributed by atoms with Crippen LogP contribution < -0.4 is 4.74 Å². The molecule has 5 heteroatoms. The highest BCUT2D eigenvalue weighted by Crippen LogP contribution is 2.50. The second-order valence-electron chi connectivity index (χ2n) is 5.22. The summed E-state index contributed by atoms with van der Waals surface area (Å²) in [6, 6.07) is 7.38. The number of ether oxygens (including phenoxy) is 3. The molecule has 1 aliphatic carbocycles. The van der Waals surface area contributed by atoms with E-state index in [-0.39, 0.29) is 12.0 Å². The Bertz CT molecular complexity index is 604. The molecule has 1 aromatic rings. The first-order valence-electron chi connectivity index (χ1n) is 6.74. The first kappa shape index (κ1) is 13.7. The van der Waals surface area contributed by atoms with Crippen LogP contribution >= 0.6 is 0 Å². The first-order chi connectivity index (χ1) is 10.1. The summed E-state index contributed by atoms with van der Waals surface area (Å²) < 4.78 is 15.3. The second kappa shape index (κ2) is 4.91. The summed E-state index contributed by atoms with van der Waals surface area (Å²) in [5, 5.41) is 0. The van der Waals surface area contributed by atoms with Crippen LogP contribution in [0.3, 0.4) is 0 Å². The fraction of sp³-hybridized carbons (Fsp3) is 0.375. The quantitative estimate of drug-likeness (QED) is 0.482. The second-order valence-corrected chi connectivity index (χ2v) is 5.22. The summed E-state index contributed by atoms with van der Waals surface area (Å²) in [7, 11) is 2.87. The molecular formula is C16H16O5. The number of hydrogen-bond acceptors (Lipinski definition) is 5. The highest BCUT2D eigenvalue weighted by Gasteiger charge is 2.59. The zero-order valence-corrected chi connectivity index (χ0v) is 11.9. The average Bonchev–Trinajstić information content (AvgIpc) is 2.54. The maximum absolute atomic E-state index is 12.3. The number of hydrogen-bond donors (Lipinski definition) is 0. The van der Waals surface area contributed by atoms with Crippen molar-refractivity contribution in [2.75, 3.05) is 14.2 Å². The summed E-state index contributed by atoms with van der Waals surface area (Å²) in [6.07, 6.45) is 3.69. The number of benzene rings is 1. The summed E-state index contributed by atoms with van der Waals surface area (Å²) in [6.45, 7) is 0. The normalized spacial score (nSPS) is 29.9. The van der Waals surface area contributed by atoms with E-state index in [9.17, 15) is 9.59 Å². The van der Waals surface area contributed by atoms with E-state index in [4.69, 9.17) is 14.2 Å². The molecule has 2 unspecified atom stereocenters. The highest BCUT2D eigenvalue weighted by molar-refractivity contribution is 6.05. The van der Waals surface area contributed by atoms with Crippen LogP contribution in [0.5, 0.6) is 5.75 Å². The lowest BCUT2D eigenvalue weighted by Gasteiger charge is -2.44. The van der Waals surface area contributed by atoms with Gasteiger partial charge in [-0.1, -0.05) is 18.2 Å². The van der Waals surface area contributed by atoms with E-state index in [1.165, 1.54) is 7.11 Å². The number of carbonyl (C=O) groups excluding carboxylic acids is 2. The van der Waals surface area contributed by atoms with Gasteiger partial charge in [0.15, 0.2) is 5.41 Å². The van der Waals surface area contributed by atoms with Gasteiger partial charge >= 0.3 is 11.9 Å². The summed E-state index contributed by atoms with van der Waals surface area (Å²) in [5.74, 6) is -0.673. The number of carbonyl (C=O) groups is 2. The minimum Gasteiger partial charge on any atom is -0.497 e. The van der Waals surface area contributed by atoms with E-state index < -0.39 is 17.4 Å². The average molecular weight is 288 g/mol. The predicted octanol–water partition coefficient (Wildman–Crippen LogP) is 1.82. The van der Waals surface area contributed by atoms with Crippen molar-refractivity contribution >= 4 is 11.9 Å². The lowest BCUT2D eigenvalue weighted by Crippen LogP contribution is -2.53. The predicted molar refractivity (Wildman–Crippen MR) is 73.8 cm³/mol. The van der Waals surface area contributed by atoms with Crippen LogP contribution in [0.15, 0.2) is 36.4 Å². The molecule has 0 saturated carbocycles. The zero-order chi connectivity index (χ0) is 15.0. The maximum atomic E-state index is 12.3. The van der Waals surface area contributed by atoms with Crippen molar-refractivity contribution in [1.82, 2.24) is 0 Å². The summed E-state index contributed by atoms with van der Waals surface area (Å²) >= 11 is 0. The number of methoxy groups -OCH3 is 2. The molecule has 3 aliphatic rings. The zero-order valence-electron chi connectivity index (χ0n) is 11.9. The Balaban J connectivity index is 2.06. The largest absolute Gasteiger partial charge is 0.497 e. The van der Waals surface area contributed by atoms with Crippen LogP contribution in [0.4, 0.5) is 0 Å². The Morgan fingerprint density at radius 3 is 2.57 bits per heavy atom. The molecule has 1 fully saturated rings. The SMILES string of the molecule is COC(=O)C12C=CC(C[C@H]1c1ccc(OC)cc1)OC2=O. The smallest absolute Gasteiger partial charge is 0.328 e. The standard InChI is InChI=1S/C16H16O5/c1-19-11-5-3-10(4-6-11)13-9-12-7-8-16(13,14(17)20-2)15(18)21-12/h3-8,12-13H,9H2,1-2H3/t12?,13-,16?/m0/s1. The molecule has 1 saturated heterocycles. The minimum atomic E-state index is -1.38. The van der Waals surface area contributed by atoms with Gasteiger partial charge in [-0.25, -0.2) is 0 Å². The highest BCUT2D eigenvalue weighted by atomic mass is 16.6. The molecule has 0 radical (unpaired) electrons. The van der Waals surface area contributed by atoms with Crippen molar-refractivity contribution in [3.63, 3.8) is 0 Å². The fourth-order valence-electron chi connectivity index (χ4n) is 3.10. The molecule has 2 bridgehead atoms. The van der Waals surface area contributed by atoms with Gasteiger partial charge in [-0.3, -0.25) is 9.59 Å². The van der Waals surface area contributed by atoms with Gasteiger partial charge in [0, 0.05) is 5.92 Å². The third-order valence-corrected chi connectivity index (χ3v) is 4.23. The van der Waals surface area contributed by atoms with Crippen LogP contribution in [0.1, 0.15) is 17.9 Å². The van der Waals surface area contributed by atoms with Crippen molar-refractivity contribution in [1.29, 1.82) is 0 Å². The molecule has 5 nitrogen and oxygen atoms in total. The Morgan fingerprint density at radius 2 is 2.00 bits per heavy atom. The van der Waals surface area contributed by atoms with Crippen LogP contribution in [0.25, 0.3) is 0 Å². The van der Waals surface area contributed by atoms with E-state index in [1.807, 2.05) is 24.3 Å². The van der Waals surface area contributed by atoms with Crippen molar-refractivity contribution < 1.29 is 23.8 Å². The van der Waals surface area contributed by atoms with Crippen LogP contribution in [-0.2, 0) is 19.1 Å². The van der Waals surface area contributed by atoms with Crippen LogP contribution in [0.2, 0.25) is 0 Å². The Hall–Kier alpha value is -2.30. The van der Waals surface area contributed by atoms with Gasteiger partial charge in [-0.05, 0) is 30.2 Å². The molecule has 4 rings (SSSR count). The van der Waals surface area contributed by atoms with Crippen molar-refractivity contribution in [2.24, 2.45) is 5.41 Å². The molecular weight excluding hydrogens is 272 g/mol. The number of rotatable bonds is 3. The van der Waals surface area contributed by atoms with Crippen molar-refractivity contribution in [3.05, 3.63) is 42.0 Å². The van der Waals surface area contributed by atoms with Gasteiger partial charge in [0.25, 0.3) is 0 Å². The minimum absolute atomic E-state index is 0.281. The van der Waals surface area contributed by atoms with E-state index in [0.29, 0.717) is 6.42 Å². The molecule has 0 N–H and O–H groups in total. The van der Waals surface area contributed by atoms with Gasteiger partial charge in [0.05, 0.1) is 14.2 Å². The first-order valence-corrected chi connectivity index (χ1v) is 6.74. The van der Waals surface area contributed by atoms with Gasteiger partial charge < -0.3 is 14.2 Å². The van der Waals surface area contributed by atoms with Crippen LogP contribution in [-0.4, -0.2) is 32.3 Å². The molecule has 0 spiro atoms. The third kappa shape index (κ3) is 1.92. The number of fused-ring (bicyclic) bond motifs is 2. The molecule has 3 atom stereocenters. The van der Waals surface area contributed by atoms with Gasteiger partial charge in [-0.2, -0.15) is 0 Å². The van der Waals surface area contributed by atoms with Crippen molar-refractivity contribution in [2.45, 2.75) is 18.4 Å². The molecule has 110 valence electrons.